The molecule has 1 rings (SSSR count). The Kier molecular flexibility index (Phi) is 3.96. The van der Waals surface area contributed by atoms with Crippen molar-refractivity contribution in [1.82, 2.24) is 4.90 Å². The van der Waals surface area contributed by atoms with Gasteiger partial charge < -0.3 is 10.6 Å². The first-order valence-electron chi connectivity index (χ1n) is 5.44. The van der Waals surface area contributed by atoms with Crippen molar-refractivity contribution in [2.75, 3.05) is 19.8 Å². The van der Waals surface area contributed by atoms with Gasteiger partial charge in [0, 0.05) is 25.9 Å². The van der Waals surface area contributed by atoms with Gasteiger partial charge in [0.25, 0.3) is 0 Å². The van der Waals surface area contributed by atoms with E-state index in [4.69, 9.17) is 5.73 Å². The minimum absolute atomic E-state index is 0.0169. The van der Waals surface area contributed by atoms with Crippen molar-refractivity contribution in [3.8, 4) is 0 Å². The molecule has 1 amide bonds. The van der Waals surface area contributed by atoms with Crippen LogP contribution in [0.2, 0.25) is 0 Å². The van der Waals surface area contributed by atoms with Crippen molar-refractivity contribution in [1.29, 1.82) is 0 Å². The highest BCUT2D eigenvalue weighted by molar-refractivity contribution is 7.92. The summed E-state index contributed by atoms with van der Waals surface area (Å²) in [5.41, 5.74) is 5.62. The average Bonchev–Trinajstić information content (AvgIpc) is 2.99. The lowest BCUT2D eigenvalue weighted by atomic mass is 10.1. The molecule has 0 heterocycles. The van der Waals surface area contributed by atoms with Crippen LogP contribution in [0, 0.1) is 5.92 Å². The standard InChI is InChI=1S/C10H20N2O3S/c1-7(16(3,14)15)10(13)12(2)9(6-11)8-4-5-8/h7-9H,4-6,11H2,1-3H3. The van der Waals surface area contributed by atoms with Gasteiger partial charge in [0.1, 0.15) is 5.25 Å². The molecule has 1 aliphatic carbocycles. The monoisotopic (exact) mass is 248 g/mol. The summed E-state index contributed by atoms with van der Waals surface area (Å²) in [5, 5.41) is -0.981. The van der Waals surface area contributed by atoms with E-state index in [1.165, 1.54) is 11.8 Å². The summed E-state index contributed by atoms with van der Waals surface area (Å²) < 4.78 is 22.6. The zero-order chi connectivity index (χ0) is 12.5. The number of sulfone groups is 1. The van der Waals surface area contributed by atoms with Gasteiger partial charge in [-0.2, -0.15) is 0 Å². The largest absolute Gasteiger partial charge is 0.340 e. The molecule has 0 aromatic carbocycles. The fourth-order valence-electron chi connectivity index (χ4n) is 1.78. The Morgan fingerprint density at radius 1 is 1.50 bits per heavy atom. The van der Waals surface area contributed by atoms with E-state index in [1.54, 1.807) is 7.05 Å². The first-order chi connectivity index (χ1) is 7.29. The lowest BCUT2D eigenvalue weighted by molar-refractivity contribution is -0.131. The maximum absolute atomic E-state index is 11.9. The van der Waals surface area contributed by atoms with E-state index in [2.05, 4.69) is 0 Å². The zero-order valence-corrected chi connectivity index (χ0v) is 10.8. The number of likely N-dealkylation sites (N-methyl/N-ethyl adjacent to an activating group) is 1. The van der Waals surface area contributed by atoms with Gasteiger partial charge in [0.2, 0.25) is 5.91 Å². The number of rotatable bonds is 5. The average molecular weight is 248 g/mol. The van der Waals surface area contributed by atoms with Crippen LogP contribution in [0.1, 0.15) is 19.8 Å². The van der Waals surface area contributed by atoms with E-state index in [-0.39, 0.29) is 11.9 Å². The highest BCUT2D eigenvalue weighted by Crippen LogP contribution is 2.34. The highest BCUT2D eigenvalue weighted by atomic mass is 32.2. The molecular formula is C10H20N2O3S. The third-order valence-corrected chi connectivity index (χ3v) is 4.73. The molecule has 1 fully saturated rings. The van der Waals surface area contributed by atoms with Gasteiger partial charge in [-0.3, -0.25) is 4.79 Å². The number of hydrogen-bond donors (Lipinski definition) is 1. The third kappa shape index (κ3) is 2.95. The van der Waals surface area contributed by atoms with E-state index in [0.717, 1.165) is 19.1 Å². The molecule has 0 saturated heterocycles. The van der Waals surface area contributed by atoms with Crippen LogP contribution >= 0.6 is 0 Å². The minimum atomic E-state index is -3.33. The van der Waals surface area contributed by atoms with Gasteiger partial charge in [0.15, 0.2) is 9.84 Å². The molecule has 0 aliphatic heterocycles. The maximum atomic E-state index is 11.9. The molecule has 16 heavy (non-hydrogen) atoms. The normalized spacial score (nSPS) is 20.2. The third-order valence-electron chi connectivity index (χ3n) is 3.24. The van der Waals surface area contributed by atoms with Gasteiger partial charge in [-0.05, 0) is 25.7 Å². The Morgan fingerprint density at radius 2 is 2.00 bits per heavy atom. The van der Waals surface area contributed by atoms with Crippen LogP contribution in [0.25, 0.3) is 0 Å². The molecular weight excluding hydrogens is 228 g/mol. The molecule has 0 bridgehead atoms. The fraction of sp³-hybridized carbons (Fsp3) is 0.900. The topological polar surface area (TPSA) is 80.5 Å². The Balaban J connectivity index is 2.72. The number of hydrogen-bond acceptors (Lipinski definition) is 4. The van der Waals surface area contributed by atoms with Gasteiger partial charge in [-0.25, -0.2) is 8.42 Å². The highest BCUT2D eigenvalue weighted by Gasteiger charge is 2.37. The molecule has 0 aromatic rings. The number of nitrogens with two attached hydrogens (primary N) is 1. The number of amides is 1. The molecule has 6 heteroatoms. The predicted octanol–water partition coefficient (Wildman–Crippen LogP) is -0.385. The lowest BCUT2D eigenvalue weighted by Crippen LogP contribution is -2.48. The second kappa shape index (κ2) is 4.71. The van der Waals surface area contributed by atoms with E-state index in [1.807, 2.05) is 0 Å². The molecule has 2 unspecified atom stereocenters. The lowest BCUT2D eigenvalue weighted by Gasteiger charge is -2.29. The number of carbonyl (C=O) groups excluding carboxylic acids is 1. The molecule has 0 aromatic heterocycles. The predicted molar refractivity (Wildman–Crippen MR) is 62.6 cm³/mol. The molecule has 1 saturated carbocycles. The van der Waals surface area contributed by atoms with Crippen LogP contribution in [0.5, 0.6) is 0 Å². The summed E-state index contributed by atoms with van der Waals surface area (Å²) in [5.74, 6) is 0.0931. The fourth-order valence-corrected chi connectivity index (χ4v) is 2.31. The Bertz CT molecular complexity index is 362. The van der Waals surface area contributed by atoms with Crippen molar-refractivity contribution in [2.45, 2.75) is 31.1 Å². The van der Waals surface area contributed by atoms with Crippen LogP contribution in [-0.4, -0.2) is 50.4 Å². The SMILES string of the molecule is CC(C(=O)N(C)C(CN)C1CC1)S(C)(=O)=O. The first-order valence-corrected chi connectivity index (χ1v) is 7.40. The van der Waals surface area contributed by atoms with Crippen molar-refractivity contribution >= 4 is 15.7 Å². The second-order valence-corrected chi connectivity index (χ2v) is 6.93. The smallest absolute Gasteiger partial charge is 0.240 e. The molecule has 5 nitrogen and oxygen atoms in total. The maximum Gasteiger partial charge on any atom is 0.240 e. The van der Waals surface area contributed by atoms with Crippen molar-refractivity contribution in [3.63, 3.8) is 0 Å². The van der Waals surface area contributed by atoms with E-state index in [0.29, 0.717) is 12.5 Å². The Hall–Kier alpha value is -0.620. The van der Waals surface area contributed by atoms with E-state index >= 15 is 0 Å². The van der Waals surface area contributed by atoms with E-state index < -0.39 is 15.1 Å². The van der Waals surface area contributed by atoms with Crippen LogP contribution in [-0.2, 0) is 14.6 Å². The van der Waals surface area contributed by atoms with Gasteiger partial charge >= 0.3 is 0 Å². The molecule has 94 valence electrons. The van der Waals surface area contributed by atoms with Crippen LogP contribution in [0.4, 0.5) is 0 Å². The zero-order valence-electron chi connectivity index (χ0n) is 10.0. The Morgan fingerprint density at radius 3 is 2.31 bits per heavy atom. The van der Waals surface area contributed by atoms with Crippen molar-refractivity contribution in [3.05, 3.63) is 0 Å². The molecule has 2 N–H and O–H groups in total. The number of carbonyl (C=O) groups is 1. The molecule has 0 spiro atoms. The van der Waals surface area contributed by atoms with Gasteiger partial charge in [-0.15, -0.1) is 0 Å². The van der Waals surface area contributed by atoms with Crippen molar-refractivity contribution in [2.24, 2.45) is 11.7 Å². The van der Waals surface area contributed by atoms with Gasteiger partial charge in [-0.1, -0.05) is 0 Å². The van der Waals surface area contributed by atoms with Crippen LogP contribution in [0.3, 0.4) is 0 Å². The van der Waals surface area contributed by atoms with Crippen LogP contribution in [0.15, 0.2) is 0 Å². The van der Waals surface area contributed by atoms with Crippen molar-refractivity contribution < 1.29 is 13.2 Å². The summed E-state index contributed by atoms with van der Waals surface area (Å²) in [6, 6.07) is -0.0169. The minimum Gasteiger partial charge on any atom is -0.340 e. The summed E-state index contributed by atoms with van der Waals surface area (Å²) in [7, 11) is -1.69. The summed E-state index contributed by atoms with van der Waals surface area (Å²) in [6.07, 6.45) is 3.23. The van der Waals surface area contributed by atoms with Gasteiger partial charge in [0.05, 0.1) is 0 Å². The molecule has 0 radical (unpaired) electrons. The van der Waals surface area contributed by atoms with Crippen LogP contribution < -0.4 is 5.73 Å². The summed E-state index contributed by atoms with van der Waals surface area (Å²) in [4.78, 5) is 13.4. The summed E-state index contributed by atoms with van der Waals surface area (Å²) >= 11 is 0. The van der Waals surface area contributed by atoms with E-state index in [9.17, 15) is 13.2 Å². The number of nitrogens with zero attached hydrogens (tertiary/aromatic N) is 1. The quantitative estimate of drug-likeness (QED) is 0.719. The Labute approximate surface area is 96.9 Å². The first kappa shape index (κ1) is 13.4. The molecule has 1 aliphatic rings. The summed E-state index contributed by atoms with van der Waals surface area (Å²) in [6.45, 7) is 1.82. The second-order valence-electron chi connectivity index (χ2n) is 4.56. The molecule has 2 atom stereocenters.